The number of thioether (sulfide) groups is 1. The number of aromatic nitrogens is 3. The Morgan fingerprint density at radius 1 is 1.13 bits per heavy atom. The van der Waals surface area contributed by atoms with E-state index in [0.29, 0.717) is 0 Å². The SMILES string of the molecule is CCc1ccc(C2=Nn3c(nnc3-c3cccs3)SC2C)cc1. The van der Waals surface area contributed by atoms with Gasteiger partial charge < -0.3 is 0 Å². The smallest absolute Gasteiger partial charge is 0.186 e. The Morgan fingerprint density at radius 3 is 2.65 bits per heavy atom. The van der Waals surface area contributed by atoms with Crippen LogP contribution in [-0.2, 0) is 6.42 Å². The third kappa shape index (κ3) is 2.62. The van der Waals surface area contributed by atoms with Crippen molar-refractivity contribution in [3.8, 4) is 10.7 Å². The standard InChI is InChI=1S/C17H16N4S2/c1-3-12-6-8-13(9-7-12)15-11(2)23-17-19-18-16(21(17)20-15)14-5-4-10-22-14/h4-11H,3H2,1-2H3. The molecule has 6 heteroatoms. The molecule has 0 saturated carbocycles. The summed E-state index contributed by atoms with van der Waals surface area (Å²) in [7, 11) is 0. The largest absolute Gasteiger partial charge is 0.213 e. The number of fused-ring (bicyclic) bond motifs is 1. The lowest BCUT2D eigenvalue weighted by molar-refractivity contribution is 0.755. The fourth-order valence-corrected chi connectivity index (χ4v) is 4.21. The van der Waals surface area contributed by atoms with Crippen molar-refractivity contribution >= 4 is 28.8 Å². The number of thiophene rings is 1. The Bertz CT molecular complexity index is 847. The molecule has 1 aromatic carbocycles. The second-order valence-electron chi connectivity index (χ2n) is 5.39. The summed E-state index contributed by atoms with van der Waals surface area (Å²) >= 11 is 3.36. The van der Waals surface area contributed by atoms with Gasteiger partial charge in [-0.15, -0.1) is 21.5 Å². The maximum Gasteiger partial charge on any atom is 0.213 e. The van der Waals surface area contributed by atoms with Crippen molar-refractivity contribution in [3.05, 3.63) is 52.9 Å². The zero-order valence-corrected chi connectivity index (χ0v) is 14.6. The van der Waals surface area contributed by atoms with Crippen LogP contribution in [0.4, 0.5) is 0 Å². The first-order valence-corrected chi connectivity index (χ1v) is 9.36. The zero-order valence-electron chi connectivity index (χ0n) is 12.9. The molecular formula is C17H16N4S2. The van der Waals surface area contributed by atoms with Gasteiger partial charge in [-0.1, -0.05) is 49.0 Å². The van der Waals surface area contributed by atoms with Crippen molar-refractivity contribution in [2.75, 3.05) is 0 Å². The minimum Gasteiger partial charge on any atom is -0.186 e. The molecular weight excluding hydrogens is 324 g/mol. The van der Waals surface area contributed by atoms with Crippen LogP contribution in [0.25, 0.3) is 10.7 Å². The molecule has 0 fully saturated rings. The van der Waals surface area contributed by atoms with Crippen LogP contribution >= 0.6 is 23.1 Å². The van der Waals surface area contributed by atoms with Crippen molar-refractivity contribution in [3.63, 3.8) is 0 Å². The van der Waals surface area contributed by atoms with Gasteiger partial charge in [-0.25, -0.2) is 0 Å². The van der Waals surface area contributed by atoms with Gasteiger partial charge in [-0.3, -0.25) is 0 Å². The van der Waals surface area contributed by atoms with Crippen molar-refractivity contribution in [1.29, 1.82) is 0 Å². The third-order valence-electron chi connectivity index (χ3n) is 3.89. The molecule has 4 nitrogen and oxygen atoms in total. The molecule has 0 saturated heterocycles. The molecule has 3 heterocycles. The summed E-state index contributed by atoms with van der Waals surface area (Å²) in [6.45, 7) is 4.34. The first-order chi connectivity index (χ1) is 11.3. The minimum atomic E-state index is 0.260. The summed E-state index contributed by atoms with van der Waals surface area (Å²) in [6, 6.07) is 12.8. The van der Waals surface area contributed by atoms with Crippen molar-refractivity contribution in [1.82, 2.24) is 14.9 Å². The highest BCUT2D eigenvalue weighted by molar-refractivity contribution is 8.00. The molecule has 0 aliphatic carbocycles. The fourth-order valence-electron chi connectivity index (χ4n) is 2.60. The van der Waals surface area contributed by atoms with E-state index >= 15 is 0 Å². The van der Waals surface area contributed by atoms with Gasteiger partial charge in [0.2, 0.25) is 5.16 Å². The van der Waals surface area contributed by atoms with Crippen molar-refractivity contribution in [2.24, 2.45) is 5.10 Å². The lowest BCUT2D eigenvalue weighted by atomic mass is 10.0. The molecule has 3 aromatic rings. The molecule has 1 aliphatic heterocycles. The molecule has 0 radical (unpaired) electrons. The monoisotopic (exact) mass is 340 g/mol. The van der Waals surface area contributed by atoms with Gasteiger partial charge in [0, 0.05) is 0 Å². The average Bonchev–Trinajstić information content (AvgIpc) is 3.23. The number of nitrogens with zero attached hydrogens (tertiary/aromatic N) is 4. The normalized spacial score (nSPS) is 17.0. The van der Waals surface area contributed by atoms with Crippen LogP contribution in [0.2, 0.25) is 0 Å². The molecule has 1 unspecified atom stereocenters. The predicted octanol–water partition coefficient (Wildman–Crippen LogP) is 4.32. The predicted molar refractivity (Wildman–Crippen MR) is 96.4 cm³/mol. The van der Waals surface area contributed by atoms with Crippen LogP contribution in [0.1, 0.15) is 25.0 Å². The summed E-state index contributed by atoms with van der Waals surface area (Å²) in [6.07, 6.45) is 1.05. The molecule has 23 heavy (non-hydrogen) atoms. The molecule has 1 aliphatic rings. The topological polar surface area (TPSA) is 43.1 Å². The van der Waals surface area contributed by atoms with E-state index in [-0.39, 0.29) is 5.25 Å². The Balaban J connectivity index is 1.79. The lowest BCUT2D eigenvalue weighted by Gasteiger charge is -2.19. The van der Waals surface area contributed by atoms with Crippen LogP contribution < -0.4 is 0 Å². The quantitative estimate of drug-likeness (QED) is 0.713. The number of hydrogen-bond acceptors (Lipinski definition) is 5. The first-order valence-electron chi connectivity index (χ1n) is 7.60. The van der Waals surface area contributed by atoms with E-state index in [4.69, 9.17) is 5.10 Å². The second kappa shape index (κ2) is 5.94. The molecule has 116 valence electrons. The van der Waals surface area contributed by atoms with Crippen LogP contribution in [0.5, 0.6) is 0 Å². The maximum absolute atomic E-state index is 4.86. The highest BCUT2D eigenvalue weighted by Crippen LogP contribution is 2.33. The Hall–Kier alpha value is -1.92. The fraction of sp³-hybridized carbons (Fsp3) is 0.235. The van der Waals surface area contributed by atoms with E-state index in [0.717, 1.165) is 28.0 Å². The van der Waals surface area contributed by atoms with E-state index in [1.165, 1.54) is 11.1 Å². The van der Waals surface area contributed by atoms with E-state index in [1.807, 2.05) is 16.1 Å². The maximum atomic E-state index is 4.86. The van der Waals surface area contributed by atoms with Gasteiger partial charge in [0.15, 0.2) is 5.82 Å². The van der Waals surface area contributed by atoms with Crippen LogP contribution in [0.3, 0.4) is 0 Å². The summed E-state index contributed by atoms with van der Waals surface area (Å²) in [5, 5.41) is 16.6. The number of rotatable bonds is 3. The van der Waals surface area contributed by atoms with E-state index < -0.39 is 0 Å². The lowest BCUT2D eigenvalue weighted by Crippen LogP contribution is -2.21. The van der Waals surface area contributed by atoms with Gasteiger partial charge >= 0.3 is 0 Å². The van der Waals surface area contributed by atoms with E-state index in [2.05, 4.69) is 54.4 Å². The Morgan fingerprint density at radius 2 is 1.96 bits per heavy atom. The van der Waals surface area contributed by atoms with Crippen LogP contribution in [0.15, 0.2) is 52.0 Å². The van der Waals surface area contributed by atoms with Crippen molar-refractivity contribution in [2.45, 2.75) is 30.7 Å². The third-order valence-corrected chi connectivity index (χ3v) is 5.79. The Kier molecular flexibility index (Phi) is 3.79. The average molecular weight is 340 g/mol. The van der Waals surface area contributed by atoms with Crippen LogP contribution in [0, 0.1) is 0 Å². The molecule has 0 bridgehead atoms. The van der Waals surface area contributed by atoms with E-state index in [9.17, 15) is 0 Å². The molecule has 1 atom stereocenters. The van der Waals surface area contributed by atoms with Gasteiger partial charge in [0.05, 0.1) is 15.8 Å². The van der Waals surface area contributed by atoms with Gasteiger partial charge in [0.25, 0.3) is 0 Å². The minimum absolute atomic E-state index is 0.260. The van der Waals surface area contributed by atoms with Crippen molar-refractivity contribution < 1.29 is 0 Å². The number of hydrogen-bond donors (Lipinski definition) is 0. The van der Waals surface area contributed by atoms with Gasteiger partial charge in [-0.2, -0.15) is 9.78 Å². The van der Waals surface area contributed by atoms with Crippen LogP contribution in [-0.4, -0.2) is 25.8 Å². The molecule has 2 aromatic heterocycles. The summed E-state index contributed by atoms with van der Waals surface area (Å²) in [4.78, 5) is 1.09. The number of benzene rings is 1. The highest BCUT2D eigenvalue weighted by atomic mass is 32.2. The molecule has 0 N–H and O–H groups in total. The molecule has 4 rings (SSSR count). The summed E-state index contributed by atoms with van der Waals surface area (Å²) in [5.41, 5.74) is 3.58. The van der Waals surface area contributed by atoms with Gasteiger partial charge in [-0.05, 0) is 35.9 Å². The highest BCUT2D eigenvalue weighted by Gasteiger charge is 2.26. The zero-order chi connectivity index (χ0) is 15.8. The Labute approximate surface area is 143 Å². The summed E-state index contributed by atoms with van der Waals surface area (Å²) < 4.78 is 1.87. The first kappa shape index (κ1) is 14.7. The molecule has 0 spiro atoms. The molecule has 0 amide bonds. The second-order valence-corrected chi connectivity index (χ2v) is 7.65. The van der Waals surface area contributed by atoms with E-state index in [1.54, 1.807) is 23.1 Å². The summed E-state index contributed by atoms with van der Waals surface area (Å²) in [5.74, 6) is 0.817. The number of aryl methyl sites for hydroxylation is 1. The van der Waals surface area contributed by atoms with Gasteiger partial charge in [0.1, 0.15) is 0 Å².